The lowest BCUT2D eigenvalue weighted by atomic mass is 10.1. The number of carbonyl (C=O) groups excluding carboxylic acids is 2. The summed E-state index contributed by atoms with van der Waals surface area (Å²) in [5, 5.41) is 3.60. The Labute approximate surface area is 252 Å². The fraction of sp³-hybridized carbons (Fsp3) is 0.333. The molecular weight excluding hydrogens is 585 g/mol. The third-order valence-electron chi connectivity index (χ3n) is 6.75. The number of hydrogen-bond acceptors (Lipinski definition) is 5. The van der Waals surface area contributed by atoms with E-state index in [4.69, 9.17) is 27.9 Å². The van der Waals surface area contributed by atoms with Gasteiger partial charge in [0.1, 0.15) is 18.3 Å². The average Bonchev–Trinajstić information content (AvgIpc) is 2.97. The third-order valence-corrected chi connectivity index (χ3v) is 9.24. The lowest BCUT2D eigenvalue weighted by Crippen LogP contribution is -2.53. The summed E-state index contributed by atoms with van der Waals surface area (Å²) < 4.78 is 34.0. The number of halogens is 2. The smallest absolute Gasteiger partial charge is 0.264 e. The second kappa shape index (κ2) is 14.6. The second-order valence-corrected chi connectivity index (χ2v) is 12.2. The molecule has 0 aliphatic heterocycles. The van der Waals surface area contributed by atoms with Crippen molar-refractivity contribution in [3.63, 3.8) is 0 Å². The Morgan fingerprint density at radius 3 is 2.05 bits per heavy atom. The van der Waals surface area contributed by atoms with Gasteiger partial charge in [0.05, 0.1) is 17.7 Å². The zero-order valence-corrected chi connectivity index (χ0v) is 25.8. The number of benzene rings is 3. The molecule has 0 heterocycles. The quantitative estimate of drug-likeness (QED) is 0.256. The largest absolute Gasteiger partial charge is 0.497 e. The zero-order valence-electron chi connectivity index (χ0n) is 23.5. The number of methoxy groups -OCH3 is 1. The highest BCUT2D eigenvalue weighted by atomic mass is 35.5. The SMILES string of the molecule is CC[C@@H](C)NC(=O)[C@@H](CC)N(Cc1c(Cl)cccc1Cl)C(=O)CN(c1ccccc1)S(=O)(=O)c1ccc(OC)cc1. The Hall–Kier alpha value is -3.27. The summed E-state index contributed by atoms with van der Waals surface area (Å²) in [5.41, 5.74) is 0.757. The van der Waals surface area contributed by atoms with Crippen molar-refractivity contribution in [3.05, 3.63) is 88.4 Å². The van der Waals surface area contributed by atoms with Gasteiger partial charge in [-0.25, -0.2) is 8.42 Å². The highest BCUT2D eigenvalue weighted by Crippen LogP contribution is 2.29. The minimum absolute atomic E-state index is 0.0165. The van der Waals surface area contributed by atoms with E-state index in [2.05, 4.69) is 5.32 Å². The van der Waals surface area contributed by atoms with Crippen LogP contribution < -0.4 is 14.4 Å². The number of hydrogen-bond donors (Lipinski definition) is 1. The first-order chi connectivity index (χ1) is 19.5. The van der Waals surface area contributed by atoms with Crippen LogP contribution in [0.5, 0.6) is 5.75 Å². The molecule has 0 saturated heterocycles. The molecule has 0 saturated carbocycles. The van der Waals surface area contributed by atoms with Crippen molar-refractivity contribution in [2.45, 2.75) is 57.1 Å². The predicted octanol–water partition coefficient (Wildman–Crippen LogP) is 5.92. The van der Waals surface area contributed by atoms with E-state index in [1.54, 1.807) is 55.5 Å². The van der Waals surface area contributed by atoms with Gasteiger partial charge in [0.25, 0.3) is 10.0 Å². The summed E-state index contributed by atoms with van der Waals surface area (Å²) in [6.07, 6.45) is 0.987. The van der Waals surface area contributed by atoms with Crippen molar-refractivity contribution in [2.75, 3.05) is 18.0 Å². The Kier molecular flexibility index (Phi) is 11.5. The van der Waals surface area contributed by atoms with Crippen LogP contribution in [0.4, 0.5) is 5.69 Å². The first-order valence-corrected chi connectivity index (χ1v) is 15.5. The normalized spacial score (nSPS) is 12.7. The van der Waals surface area contributed by atoms with Crippen molar-refractivity contribution in [2.24, 2.45) is 0 Å². The summed E-state index contributed by atoms with van der Waals surface area (Å²) in [6, 6.07) is 18.2. The maximum Gasteiger partial charge on any atom is 0.264 e. The van der Waals surface area contributed by atoms with Crippen LogP contribution in [0.15, 0.2) is 77.7 Å². The van der Waals surface area contributed by atoms with Gasteiger partial charge >= 0.3 is 0 Å². The Morgan fingerprint density at radius 2 is 1.51 bits per heavy atom. The molecule has 0 aliphatic rings. The highest BCUT2D eigenvalue weighted by molar-refractivity contribution is 7.92. The molecule has 2 amide bonds. The van der Waals surface area contributed by atoms with Gasteiger partial charge in [-0.1, -0.05) is 61.3 Å². The Morgan fingerprint density at radius 1 is 0.902 bits per heavy atom. The van der Waals surface area contributed by atoms with Gasteiger partial charge < -0.3 is 15.0 Å². The first-order valence-electron chi connectivity index (χ1n) is 13.3. The van der Waals surface area contributed by atoms with E-state index < -0.39 is 28.5 Å². The lowest BCUT2D eigenvalue weighted by Gasteiger charge is -2.34. The minimum Gasteiger partial charge on any atom is -0.497 e. The van der Waals surface area contributed by atoms with E-state index in [0.717, 1.165) is 4.31 Å². The molecule has 2 atom stereocenters. The summed E-state index contributed by atoms with van der Waals surface area (Å²) in [5.74, 6) is -0.442. The summed E-state index contributed by atoms with van der Waals surface area (Å²) in [6.45, 7) is 4.96. The lowest BCUT2D eigenvalue weighted by molar-refractivity contribution is -0.140. The van der Waals surface area contributed by atoms with Crippen LogP contribution in [0.25, 0.3) is 0 Å². The van der Waals surface area contributed by atoms with Gasteiger partial charge in [-0.15, -0.1) is 0 Å². The molecular formula is C30H35Cl2N3O5S. The molecule has 41 heavy (non-hydrogen) atoms. The molecule has 11 heteroatoms. The van der Waals surface area contributed by atoms with E-state index >= 15 is 0 Å². The van der Waals surface area contributed by atoms with Gasteiger partial charge in [-0.05, 0) is 68.3 Å². The topological polar surface area (TPSA) is 96.0 Å². The molecule has 1 N–H and O–H groups in total. The van der Waals surface area contributed by atoms with Crippen LogP contribution in [0.3, 0.4) is 0 Å². The molecule has 3 aromatic rings. The first kappa shape index (κ1) is 32.2. The van der Waals surface area contributed by atoms with Crippen molar-refractivity contribution < 1.29 is 22.7 Å². The van der Waals surface area contributed by atoms with Gasteiger partial charge in [-0.2, -0.15) is 0 Å². The number of ether oxygens (including phenoxy) is 1. The van der Waals surface area contributed by atoms with Crippen LogP contribution in [-0.2, 0) is 26.2 Å². The number of anilines is 1. The molecule has 0 spiro atoms. The minimum atomic E-state index is -4.19. The van der Waals surface area contributed by atoms with Crippen molar-refractivity contribution >= 4 is 50.7 Å². The van der Waals surface area contributed by atoms with Crippen molar-refractivity contribution in [1.29, 1.82) is 0 Å². The maximum atomic E-state index is 14.1. The van der Waals surface area contributed by atoms with Gasteiger partial charge in [0.15, 0.2) is 0 Å². The third kappa shape index (κ3) is 7.93. The molecule has 0 fully saturated rings. The van der Waals surface area contributed by atoms with Crippen molar-refractivity contribution in [1.82, 2.24) is 10.2 Å². The molecule has 0 aliphatic carbocycles. The van der Waals surface area contributed by atoms with Crippen LogP contribution in [0.1, 0.15) is 39.2 Å². The number of amides is 2. The van der Waals surface area contributed by atoms with Crippen LogP contribution >= 0.6 is 23.2 Å². The fourth-order valence-corrected chi connectivity index (χ4v) is 6.14. The molecule has 0 bridgehead atoms. The number of rotatable bonds is 13. The standard InChI is InChI=1S/C30H35Cl2N3O5S/c1-5-21(3)33-30(37)28(6-2)34(19-25-26(31)13-10-14-27(25)32)29(36)20-35(22-11-8-7-9-12-22)41(38,39)24-17-15-23(40-4)16-18-24/h7-18,21,28H,5-6,19-20H2,1-4H3,(H,33,37)/t21-,28-/m1/s1. The van der Waals surface area contributed by atoms with Crippen LogP contribution in [0.2, 0.25) is 10.0 Å². The molecule has 0 radical (unpaired) electrons. The van der Waals surface area contributed by atoms with E-state index in [0.29, 0.717) is 33.5 Å². The number of para-hydroxylation sites is 1. The molecule has 0 unspecified atom stereocenters. The Bertz CT molecular complexity index is 1420. The number of sulfonamides is 1. The molecule has 220 valence electrons. The van der Waals surface area contributed by atoms with Crippen molar-refractivity contribution in [3.8, 4) is 5.75 Å². The van der Waals surface area contributed by atoms with E-state index in [-0.39, 0.29) is 29.8 Å². The predicted molar refractivity (Wildman–Crippen MR) is 163 cm³/mol. The number of nitrogens with zero attached hydrogens (tertiary/aromatic N) is 2. The van der Waals surface area contributed by atoms with E-state index in [1.165, 1.54) is 36.3 Å². The molecule has 3 rings (SSSR count). The van der Waals surface area contributed by atoms with Gasteiger partial charge in [0, 0.05) is 28.2 Å². The van der Waals surface area contributed by atoms with Gasteiger partial charge in [0.2, 0.25) is 11.8 Å². The van der Waals surface area contributed by atoms with Crippen LogP contribution in [0, 0.1) is 0 Å². The summed E-state index contributed by atoms with van der Waals surface area (Å²) in [7, 11) is -2.71. The average molecular weight is 621 g/mol. The maximum absolute atomic E-state index is 14.1. The highest BCUT2D eigenvalue weighted by Gasteiger charge is 2.34. The fourth-order valence-electron chi connectivity index (χ4n) is 4.21. The monoisotopic (exact) mass is 619 g/mol. The molecule has 0 aromatic heterocycles. The Balaban J connectivity index is 2.07. The second-order valence-electron chi connectivity index (χ2n) is 9.49. The number of carbonyl (C=O) groups is 2. The summed E-state index contributed by atoms with van der Waals surface area (Å²) >= 11 is 12.9. The zero-order chi connectivity index (χ0) is 30.2. The molecule has 8 nitrogen and oxygen atoms in total. The van der Waals surface area contributed by atoms with E-state index in [1.807, 2.05) is 13.8 Å². The van der Waals surface area contributed by atoms with Gasteiger partial charge in [-0.3, -0.25) is 13.9 Å². The molecule has 3 aromatic carbocycles. The number of nitrogens with one attached hydrogen (secondary N) is 1. The summed E-state index contributed by atoms with van der Waals surface area (Å²) in [4.78, 5) is 28.8. The van der Waals surface area contributed by atoms with Crippen LogP contribution in [-0.4, -0.2) is 50.9 Å². The van der Waals surface area contributed by atoms with E-state index in [9.17, 15) is 18.0 Å².